The van der Waals surface area contributed by atoms with E-state index < -0.39 is 91.5 Å². The van der Waals surface area contributed by atoms with Gasteiger partial charge in [0.2, 0.25) is 0 Å². The molecule has 0 aliphatic carbocycles. The van der Waals surface area contributed by atoms with Crippen LogP contribution in [0.4, 0.5) is 0 Å². The summed E-state index contributed by atoms with van der Waals surface area (Å²) >= 11 is 0. The van der Waals surface area contributed by atoms with E-state index in [-0.39, 0.29) is 19.3 Å². The number of phosphoric acid groups is 2. The number of allylic oxidation sites excluding steroid dienone is 36. The minimum atomic E-state index is -4.95. The van der Waals surface area contributed by atoms with Crippen LogP contribution in [0.25, 0.3) is 0 Å². The van der Waals surface area contributed by atoms with Gasteiger partial charge in [0.05, 0.1) is 26.4 Å². The summed E-state index contributed by atoms with van der Waals surface area (Å²) in [7, 11) is -9.83. The Hall–Kier alpha value is -6.13. The maximum Gasteiger partial charge on any atom is 0.472 e. The Morgan fingerprint density at radius 3 is 0.560 bits per heavy atom. The summed E-state index contributed by atoms with van der Waals surface area (Å²) in [5.74, 6) is -1.56. The van der Waals surface area contributed by atoms with E-state index in [0.717, 1.165) is 180 Å². The standard InChI is InChI=1S/C123H208O16P2/c1-4-7-10-13-16-19-22-25-28-31-34-37-40-43-46-49-52-55-58-61-64-67-70-73-76-79-82-85-88-91-94-97-100-103-106-109-121(126)133-112-118(124)113-135-140(129,130)136-114-119(125)115-137-141(131,132)138-117-120(139-123(128)111-108-105-102-99-96-93-90-87-84-81-78-75-72-69-66-63-60-57-54-51-48-45-42-39-36-33-30-27-24-21-18-15-12-9-6-3)116-134-122(127)110-107-104-101-98-95-92-89-86-83-80-77-74-71-68-65-62-59-56-53-50-47-44-41-38-35-32-29-26-23-20-17-14-11-8-5-2/h7-12,16-21,25-30,34-39,43-48,52-57,118-120,124-125H,4-6,13-15,22-24,31-33,40-42,49-51,58-117H2,1-3H3,(H,129,130)(H,131,132)/b10-7-,11-8-,12-9-,19-16-,20-17-,21-18-,28-25-,29-26-,30-27-,37-34-,38-35-,39-36-,46-43-,47-44-,48-45-,55-52-,56-53-,57-54-. The first kappa shape index (κ1) is 135. The average Bonchev–Trinajstić information content (AvgIpc) is 0.899. The second-order valence-corrected chi connectivity index (χ2v) is 40.6. The van der Waals surface area contributed by atoms with Crippen molar-refractivity contribution in [1.82, 2.24) is 0 Å². The van der Waals surface area contributed by atoms with E-state index in [9.17, 15) is 43.5 Å². The first-order valence-corrected chi connectivity index (χ1v) is 60.0. The van der Waals surface area contributed by atoms with E-state index in [1.807, 2.05) is 0 Å². The second-order valence-electron chi connectivity index (χ2n) is 37.7. The number of rotatable bonds is 107. The van der Waals surface area contributed by atoms with Crippen molar-refractivity contribution in [2.45, 2.75) is 501 Å². The monoisotopic (exact) mass is 2000 g/mol. The maximum absolute atomic E-state index is 13.2. The summed E-state index contributed by atoms with van der Waals surface area (Å²) in [4.78, 5) is 59.4. The Morgan fingerprint density at radius 2 is 0.355 bits per heavy atom. The van der Waals surface area contributed by atoms with Crippen LogP contribution in [-0.4, -0.2) is 95.9 Å². The summed E-state index contributed by atoms with van der Waals surface area (Å²) < 4.78 is 61.9. The number of ether oxygens (including phenoxy) is 3. The van der Waals surface area contributed by atoms with Crippen LogP contribution in [0.5, 0.6) is 0 Å². The number of aliphatic hydroxyl groups is 2. The Balaban J connectivity index is 4.62. The lowest BCUT2D eigenvalue weighted by Crippen LogP contribution is -2.30. The number of hydrogen-bond acceptors (Lipinski definition) is 14. The van der Waals surface area contributed by atoms with Gasteiger partial charge < -0.3 is 34.2 Å². The third-order valence-electron chi connectivity index (χ3n) is 24.2. The fraction of sp³-hybridized carbons (Fsp3) is 0.683. The molecule has 141 heavy (non-hydrogen) atoms. The average molecular weight is 2000 g/mol. The van der Waals surface area contributed by atoms with E-state index in [4.69, 9.17) is 32.3 Å². The van der Waals surface area contributed by atoms with Crippen molar-refractivity contribution >= 4 is 33.6 Å². The number of carbonyl (C=O) groups excluding carboxylic acids is 3. The number of esters is 3. The number of aliphatic hydroxyl groups excluding tert-OH is 2. The molecule has 0 aliphatic rings. The van der Waals surface area contributed by atoms with Crippen molar-refractivity contribution in [3.63, 3.8) is 0 Å². The van der Waals surface area contributed by atoms with Gasteiger partial charge in [0.25, 0.3) is 0 Å². The predicted molar refractivity (Wildman–Crippen MR) is 601 cm³/mol. The van der Waals surface area contributed by atoms with Crippen LogP contribution in [0.1, 0.15) is 483 Å². The van der Waals surface area contributed by atoms with Gasteiger partial charge in [-0.05, 0) is 173 Å². The van der Waals surface area contributed by atoms with Crippen molar-refractivity contribution in [3.05, 3.63) is 219 Å². The lowest BCUT2D eigenvalue weighted by atomic mass is 10.0. The van der Waals surface area contributed by atoms with Crippen LogP contribution < -0.4 is 0 Å². The van der Waals surface area contributed by atoms with Gasteiger partial charge in [0, 0.05) is 19.3 Å². The summed E-state index contributed by atoms with van der Waals surface area (Å²) in [6.07, 6.45) is 156. The molecule has 0 saturated carbocycles. The van der Waals surface area contributed by atoms with Crippen molar-refractivity contribution in [3.8, 4) is 0 Å². The van der Waals surface area contributed by atoms with Gasteiger partial charge in [-0.1, -0.05) is 509 Å². The Kier molecular flexibility index (Phi) is 108. The minimum absolute atomic E-state index is 0.101. The quantitative estimate of drug-likeness (QED) is 0.0146. The molecule has 806 valence electrons. The van der Waals surface area contributed by atoms with Crippen LogP contribution in [0, 0.1) is 0 Å². The van der Waals surface area contributed by atoms with Gasteiger partial charge in [-0.3, -0.25) is 32.5 Å². The molecule has 18 heteroatoms. The molecule has 0 rings (SSSR count). The van der Waals surface area contributed by atoms with Crippen LogP contribution in [0.3, 0.4) is 0 Å². The Morgan fingerprint density at radius 1 is 0.199 bits per heavy atom. The van der Waals surface area contributed by atoms with Crippen molar-refractivity contribution in [2.75, 3.05) is 39.6 Å². The lowest BCUT2D eigenvalue weighted by molar-refractivity contribution is -0.161. The zero-order valence-electron chi connectivity index (χ0n) is 89.8. The fourth-order valence-electron chi connectivity index (χ4n) is 15.7. The highest BCUT2D eigenvalue weighted by atomic mass is 31.2. The van der Waals surface area contributed by atoms with E-state index in [2.05, 4.69) is 240 Å². The molecule has 0 aromatic carbocycles. The largest absolute Gasteiger partial charge is 0.472 e. The SMILES string of the molecule is CC/C=C\C/C=C\C/C=C\C/C=C\C/C=C\C/C=C\CCCCCCCCCCCCCCCCCCC(=O)OCC(O)COP(=O)(O)OCC(O)COP(=O)(O)OCC(COC(=O)CCCCCCCCCCCCCCCCCC/C=C\C/C=C\C/C=C\C/C=C\C/C=C\C/C=C\CC)OC(=O)CCCCCCCCCCCCCCCCCC/C=C\C/C=C\C/C=C\C/C=C\C/C=C\C/C=C\CC. The highest BCUT2D eigenvalue weighted by Crippen LogP contribution is 2.45. The van der Waals surface area contributed by atoms with E-state index in [0.29, 0.717) is 19.3 Å². The summed E-state index contributed by atoms with van der Waals surface area (Å²) in [6, 6.07) is 0. The molecule has 0 aromatic heterocycles. The first-order chi connectivity index (χ1) is 69.2. The first-order valence-electron chi connectivity index (χ1n) is 57.0. The molecule has 0 spiro atoms. The fourth-order valence-corrected chi connectivity index (χ4v) is 17.3. The molecular weight excluding hydrogens is 1800 g/mol. The van der Waals surface area contributed by atoms with Crippen LogP contribution >= 0.6 is 15.6 Å². The van der Waals surface area contributed by atoms with Gasteiger partial charge in [-0.15, -0.1) is 0 Å². The third-order valence-corrected chi connectivity index (χ3v) is 26.1. The van der Waals surface area contributed by atoms with E-state index in [1.165, 1.54) is 244 Å². The molecule has 5 unspecified atom stereocenters. The van der Waals surface area contributed by atoms with Gasteiger partial charge in [0.15, 0.2) is 6.10 Å². The molecule has 0 fully saturated rings. The highest BCUT2D eigenvalue weighted by molar-refractivity contribution is 7.47. The summed E-state index contributed by atoms with van der Waals surface area (Å²) in [5, 5.41) is 20.9. The van der Waals surface area contributed by atoms with Crippen molar-refractivity contribution < 1.29 is 75.8 Å². The molecule has 16 nitrogen and oxygen atoms in total. The highest BCUT2D eigenvalue weighted by Gasteiger charge is 2.30. The molecule has 0 saturated heterocycles. The molecule has 0 bridgehead atoms. The minimum Gasteiger partial charge on any atom is -0.463 e. The lowest BCUT2D eigenvalue weighted by Gasteiger charge is -2.21. The smallest absolute Gasteiger partial charge is 0.463 e. The molecule has 4 N–H and O–H groups in total. The van der Waals surface area contributed by atoms with Crippen molar-refractivity contribution in [1.29, 1.82) is 0 Å². The molecule has 0 radical (unpaired) electrons. The predicted octanol–water partition coefficient (Wildman–Crippen LogP) is 37.1. The van der Waals surface area contributed by atoms with Gasteiger partial charge in [0.1, 0.15) is 25.4 Å². The van der Waals surface area contributed by atoms with Crippen molar-refractivity contribution in [2.24, 2.45) is 0 Å². The molecular formula is C123H208O16P2. The Labute approximate surface area is 863 Å². The normalized spacial score (nSPS) is 14.3. The molecule has 0 aliphatic heterocycles. The van der Waals surface area contributed by atoms with Crippen LogP contribution in [-0.2, 0) is 55.8 Å². The Bertz CT molecular complexity index is 3450. The molecule has 0 aromatic rings. The number of hydrogen-bond donors (Lipinski definition) is 4. The third kappa shape index (κ3) is 114. The van der Waals surface area contributed by atoms with Gasteiger partial charge in [-0.25, -0.2) is 9.13 Å². The molecule has 0 amide bonds. The number of unbranched alkanes of at least 4 members (excludes halogenated alkanes) is 48. The molecule has 5 atom stereocenters. The summed E-state index contributed by atoms with van der Waals surface area (Å²) in [6.45, 7) is 2.43. The zero-order chi connectivity index (χ0) is 102. The van der Waals surface area contributed by atoms with Gasteiger partial charge >= 0.3 is 33.6 Å². The van der Waals surface area contributed by atoms with E-state index in [1.54, 1.807) is 0 Å². The number of phosphoric ester groups is 2. The topological polar surface area (TPSA) is 231 Å². The molecule has 0 heterocycles. The summed E-state index contributed by atoms with van der Waals surface area (Å²) in [5.41, 5.74) is 0. The number of carbonyl (C=O) groups is 3. The maximum atomic E-state index is 13.2. The van der Waals surface area contributed by atoms with E-state index >= 15 is 0 Å². The zero-order valence-corrected chi connectivity index (χ0v) is 91.5. The second kappa shape index (κ2) is 113. The van der Waals surface area contributed by atoms with Gasteiger partial charge in [-0.2, -0.15) is 0 Å². The van der Waals surface area contributed by atoms with Crippen LogP contribution in [0.2, 0.25) is 0 Å². The van der Waals surface area contributed by atoms with Crippen LogP contribution in [0.15, 0.2) is 219 Å².